The van der Waals surface area contributed by atoms with Gasteiger partial charge in [0, 0.05) is 17.5 Å². The third kappa shape index (κ3) is 4.67. The van der Waals surface area contributed by atoms with Crippen LogP contribution in [0.4, 0.5) is 17.6 Å². The number of hydrogen-bond donors (Lipinski definition) is 3. The van der Waals surface area contributed by atoms with E-state index in [0.29, 0.717) is 63.2 Å². The summed E-state index contributed by atoms with van der Waals surface area (Å²) in [6.07, 6.45) is 9.17. The number of hydrogen-bond acceptors (Lipinski definition) is 7. The molecule has 2 fully saturated rings. The van der Waals surface area contributed by atoms with Crippen LogP contribution in [0, 0.1) is 16.7 Å². The summed E-state index contributed by atoms with van der Waals surface area (Å²) in [5.74, 6) is 0.837. The number of primary amides is 1. The zero-order valence-electron chi connectivity index (χ0n) is 20.0. The molecule has 2 aromatic heterocycles. The van der Waals surface area contributed by atoms with Crippen molar-refractivity contribution in [3.63, 3.8) is 0 Å². The maximum Gasteiger partial charge on any atom is 0.224 e. The molecule has 0 aliphatic heterocycles. The van der Waals surface area contributed by atoms with Gasteiger partial charge in [0.1, 0.15) is 5.52 Å². The molecule has 11 heteroatoms. The molecular weight excluding hydrogens is 499 g/mol. The second-order valence-corrected chi connectivity index (χ2v) is 10.9. The van der Waals surface area contributed by atoms with Crippen LogP contribution in [0.2, 0.25) is 10.0 Å². The van der Waals surface area contributed by atoms with E-state index >= 15 is 0 Å². The summed E-state index contributed by atoms with van der Waals surface area (Å²) in [5.41, 5.74) is 7.33. The van der Waals surface area contributed by atoms with Gasteiger partial charge in [-0.05, 0) is 50.7 Å². The quantitative estimate of drug-likeness (QED) is 0.374. The van der Waals surface area contributed by atoms with Crippen molar-refractivity contribution in [1.82, 2.24) is 19.5 Å². The van der Waals surface area contributed by atoms with Gasteiger partial charge in [-0.15, -0.1) is 0 Å². The standard InChI is InChI=1S/C25H28Cl2N8O/c1-25(22(29)36)8-6-16(7-9-25)35-21-19(13-30-23(34-21)31-15-4-2-3-5-15)32-24(35)33-20-17(26)10-14(12-28)11-18(20)27/h10-11,13,15-16H,2-9H2,1H3,(H2,29,36)(H,32,33)(H,30,31,34)/t16-,25-. The SMILES string of the molecule is C[C@]1(C(N)=O)CC[C@H](n2c(Nc3c(Cl)cc(C#N)cc3Cl)nc3cnc(NC4CCCC4)nc32)CC1. The van der Waals surface area contributed by atoms with Gasteiger partial charge in [-0.1, -0.05) is 43.0 Å². The van der Waals surface area contributed by atoms with Gasteiger partial charge in [-0.2, -0.15) is 10.2 Å². The Kier molecular flexibility index (Phi) is 6.66. The molecule has 1 amide bonds. The molecule has 188 valence electrons. The van der Waals surface area contributed by atoms with E-state index in [0.717, 1.165) is 25.7 Å². The van der Waals surface area contributed by atoms with E-state index in [-0.39, 0.29) is 11.9 Å². The lowest BCUT2D eigenvalue weighted by atomic mass is 9.73. The van der Waals surface area contributed by atoms with Crippen molar-refractivity contribution in [2.45, 2.75) is 70.4 Å². The van der Waals surface area contributed by atoms with E-state index in [1.54, 1.807) is 18.3 Å². The molecule has 36 heavy (non-hydrogen) atoms. The van der Waals surface area contributed by atoms with Crippen molar-refractivity contribution in [2.75, 3.05) is 10.6 Å². The number of nitrogens with one attached hydrogen (secondary N) is 2. The minimum Gasteiger partial charge on any atom is -0.369 e. The lowest BCUT2D eigenvalue weighted by Gasteiger charge is -2.35. The number of halogens is 2. The second kappa shape index (κ2) is 9.75. The number of amides is 1. The molecule has 0 bridgehead atoms. The van der Waals surface area contributed by atoms with Gasteiger partial charge in [-0.3, -0.25) is 9.36 Å². The highest BCUT2D eigenvalue weighted by Gasteiger charge is 2.37. The van der Waals surface area contributed by atoms with Crippen LogP contribution in [0.1, 0.15) is 69.9 Å². The molecule has 3 aromatic rings. The summed E-state index contributed by atoms with van der Waals surface area (Å²) in [6, 6.07) is 5.59. The average Bonchev–Trinajstić information content (AvgIpc) is 3.49. The fourth-order valence-corrected chi connectivity index (χ4v) is 5.84. The minimum absolute atomic E-state index is 0.0371. The van der Waals surface area contributed by atoms with Crippen molar-refractivity contribution in [3.8, 4) is 6.07 Å². The van der Waals surface area contributed by atoms with Crippen LogP contribution < -0.4 is 16.4 Å². The molecule has 0 atom stereocenters. The fourth-order valence-electron chi connectivity index (χ4n) is 5.26. The van der Waals surface area contributed by atoms with Crippen LogP contribution >= 0.6 is 23.2 Å². The fraction of sp³-hybridized carbons (Fsp3) is 0.480. The first kappa shape index (κ1) is 24.6. The highest BCUT2D eigenvalue weighted by molar-refractivity contribution is 6.39. The summed E-state index contributed by atoms with van der Waals surface area (Å²) in [6.45, 7) is 1.93. The molecule has 1 aromatic carbocycles. The smallest absolute Gasteiger partial charge is 0.224 e. The van der Waals surface area contributed by atoms with Gasteiger partial charge in [0.05, 0.1) is 33.6 Å². The number of carbonyl (C=O) groups is 1. The summed E-state index contributed by atoms with van der Waals surface area (Å²) < 4.78 is 2.06. The molecule has 0 spiro atoms. The van der Waals surface area contributed by atoms with Gasteiger partial charge in [0.25, 0.3) is 0 Å². The monoisotopic (exact) mass is 526 g/mol. The maximum absolute atomic E-state index is 12.0. The van der Waals surface area contributed by atoms with Crippen molar-refractivity contribution < 1.29 is 4.79 Å². The van der Waals surface area contributed by atoms with Crippen molar-refractivity contribution in [1.29, 1.82) is 5.26 Å². The predicted octanol–water partition coefficient (Wildman–Crippen LogP) is 5.71. The van der Waals surface area contributed by atoms with Crippen molar-refractivity contribution in [2.24, 2.45) is 11.1 Å². The van der Waals surface area contributed by atoms with Crippen LogP contribution in [-0.4, -0.2) is 31.5 Å². The number of anilines is 3. The lowest BCUT2D eigenvalue weighted by Crippen LogP contribution is -2.38. The Morgan fingerprint density at radius 1 is 1.17 bits per heavy atom. The Hall–Kier alpha value is -3.09. The lowest BCUT2D eigenvalue weighted by molar-refractivity contribution is -0.128. The molecule has 9 nitrogen and oxygen atoms in total. The molecule has 5 rings (SSSR count). The van der Waals surface area contributed by atoms with Crippen molar-refractivity contribution in [3.05, 3.63) is 33.9 Å². The van der Waals surface area contributed by atoms with Crippen LogP contribution in [0.15, 0.2) is 18.3 Å². The average molecular weight is 527 g/mol. The van der Waals surface area contributed by atoms with Crippen LogP contribution in [-0.2, 0) is 4.79 Å². The van der Waals surface area contributed by atoms with Gasteiger partial charge in [-0.25, -0.2) is 9.97 Å². The highest BCUT2D eigenvalue weighted by Crippen LogP contribution is 2.43. The molecule has 0 saturated heterocycles. The predicted molar refractivity (Wildman–Crippen MR) is 140 cm³/mol. The number of nitriles is 1. The number of nitrogens with two attached hydrogens (primary N) is 1. The van der Waals surface area contributed by atoms with Crippen molar-refractivity contribution >= 4 is 57.9 Å². The Balaban J connectivity index is 1.55. The topological polar surface area (TPSA) is 135 Å². The van der Waals surface area contributed by atoms with E-state index in [1.165, 1.54) is 12.8 Å². The molecule has 4 N–H and O–H groups in total. The van der Waals surface area contributed by atoms with Gasteiger partial charge in [0.2, 0.25) is 17.8 Å². The Morgan fingerprint density at radius 2 is 1.83 bits per heavy atom. The van der Waals surface area contributed by atoms with E-state index in [9.17, 15) is 10.1 Å². The summed E-state index contributed by atoms with van der Waals surface area (Å²) in [4.78, 5) is 26.2. The Morgan fingerprint density at radius 3 is 2.44 bits per heavy atom. The van der Waals surface area contributed by atoms with E-state index in [4.69, 9.17) is 38.9 Å². The van der Waals surface area contributed by atoms with E-state index in [1.807, 2.05) is 6.92 Å². The van der Waals surface area contributed by atoms with E-state index in [2.05, 4.69) is 26.3 Å². The highest BCUT2D eigenvalue weighted by atomic mass is 35.5. The first-order valence-electron chi connectivity index (χ1n) is 12.2. The third-order valence-electron chi connectivity index (χ3n) is 7.55. The number of benzene rings is 1. The number of nitrogens with zero attached hydrogens (tertiary/aromatic N) is 5. The second-order valence-electron chi connectivity index (χ2n) is 10.0. The van der Waals surface area contributed by atoms with Crippen LogP contribution in [0.3, 0.4) is 0 Å². The normalized spacial score (nSPS) is 22.4. The molecule has 2 saturated carbocycles. The van der Waals surface area contributed by atoms with Gasteiger partial charge >= 0.3 is 0 Å². The number of fused-ring (bicyclic) bond motifs is 1. The zero-order valence-corrected chi connectivity index (χ0v) is 21.5. The number of imidazole rings is 1. The zero-order chi connectivity index (χ0) is 25.4. The van der Waals surface area contributed by atoms with Gasteiger partial charge in [0.15, 0.2) is 5.65 Å². The molecule has 2 aliphatic carbocycles. The largest absolute Gasteiger partial charge is 0.369 e. The number of rotatable bonds is 6. The third-order valence-corrected chi connectivity index (χ3v) is 8.14. The summed E-state index contributed by atoms with van der Waals surface area (Å²) >= 11 is 12.9. The van der Waals surface area contributed by atoms with Gasteiger partial charge < -0.3 is 16.4 Å². The molecule has 0 radical (unpaired) electrons. The minimum atomic E-state index is -0.523. The van der Waals surface area contributed by atoms with Crippen LogP contribution in [0.5, 0.6) is 0 Å². The summed E-state index contributed by atoms with van der Waals surface area (Å²) in [5, 5.41) is 16.6. The Bertz CT molecular complexity index is 1330. The maximum atomic E-state index is 12.0. The number of aromatic nitrogens is 4. The number of carbonyl (C=O) groups excluding carboxylic acids is 1. The van der Waals surface area contributed by atoms with Crippen LogP contribution in [0.25, 0.3) is 11.2 Å². The summed E-state index contributed by atoms with van der Waals surface area (Å²) in [7, 11) is 0. The molecule has 0 unspecified atom stereocenters. The first-order valence-corrected chi connectivity index (χ1v) is 13.0. The first-order chi connectivity index (χ1) is 17.3. The Labute approximate surface area is 219 Å². The molecule has 2 heterocycles. The molecule has 2 aliphatic rings. The molecular formula is C25H28Cl2N8O. The van der Waals surface area contributed by atoms with E-state index < -0.39 is 5.41 Å².